The quantitative estimate of drug-likeness (QED) is 0.127. The van der Waals surface area contributed by atoms with E-state index in [4.69, 9.17) is 9.47 Å². The van der Waals surface area contributed by atoms with Crippen LogP contribution in [0.3, 0.4) is 0 Å². The number of methoxy groups -OCH3 is 1. The molecule has 3 saturated heterocycles. The standard InChI is InChI=1S/C51H73N7O11/c1-9-32(4)42(48(65)58-27-15-20-41(58)49(66)68-8)55-43(60)36(29-33-16-11-10-12-17-33)52-44(61)39-18-13-25-56(39)46(63)37(28-31(2)3)53-45(62)40-19-14-26-57(40)47(64)38(54-50(67)69-51(5,6)7)30-34-21-23-35(59)24-22-34/h10-12,16-17,21-24,31-32,36-42,59H,9,13-15,18-20,25-30H2,1-8H3,(H,52,61)(H,53,62)(H,54,67)(H,55,60)/t32-,36-,37-,38-,39-,40-,41-,42-/m0/s1. The van der Waals surface area contributed by atoms with E-state index in [-0.39, 0.29) is 49.9 Å². The van der Waals surface area contributed by atoms with E-state index in [1.807, 2.05) is 58.0 Å². The average molecular weight is 960 g/mol. The minimum atomic E-state index is -1.15. The van der Waals surface area contributed by atoms with E-state index < -0.39 is 95.4 Å². The third-order valence-corrected chi connectivity index (χ3v) is 13.1. The molecule has 5 rings (SSSR count). The number of rotatable bonds is 19. The SMILES string of the molecule is CC[C@H](C)[C@H](NC(=O)[C@H](Cc1ccccc1)NC(=O)[C@@H]1CCCN1C(=O)[C@H](CC(C)C)NC(=O)[C@@H]1CCCN1C(=O)[C@H](Cc1ccc(O)cc1)NC(=O)OC(C)(C)C)C(=O)N1CCC[C@H]1C(=O)OC. The third-order valence-electron chi connectivity index (χ3n) is 13.1. The monoisotopic (exact) mass is 960 g/mol. The fourth-order valence-corrected chi connectivity index (χ4v) is 9.34. The molecular weight excluding hydrogens is 887 g/mol. The van der Waals surface area contributed by atoms with Crippen molar-refractivity contribution in [3.8, 4) is 5.75 Å². The highest BCUT2D eigenvalue weighted by Crippen LogP contribution is 2.26. The summed E-state index contributed by atoms with van der Waals surface area (Å²) in [5.74, 6) is -3.95. The van der Waals surface area contributed by atoms with Crippen molar-refractivity contribution < 1.29 is 52.9 Å². The average Bonchev–Trinajstić information content (AvgIpc) is 4.12. The number of aromatic hydroxyl groups is 1. The Morgan fingerprint density at radius 1 is 0.652 bits per heavy atom. The van der Waals surface area contributed by atoms with Gasteiger partial charge in [0.05, 0.1) is 7.11 Å². The molecule has 0 aliphatic carbocycles. The zero-order chi connectivity index (χ0) is 50.6. The van der Waals surface area contributed by atoms with Crippen molar-refractivity contribution in [2.45, 2.75) is 161 Å². The molecule has 8 atom stereocenters. The lowest BCUT2D eigenvalue weighted by Crippen LogP contribution is -2.60. The number of esters is 1. The number of likely N-dealkylation sites (tertiary alicyclic amines) is 3. The van der Waals surface area contributed by atoms with Gasteiger partial charge in [-0.1, -0.05) is 76.6 Å². The van der Waals surface area contributed by atoms with Crippen LogP contribution in [0.1, 0.15) is 111 Å². The Balaban J connectivity index is 1.33. The minimum Gasteiger partial charge on any atom is -0.508 e. The van der Waals surface area contributed by atoms with E-state index in [0.29, 0.717) is 57.1 Å². The number of carbonyl (C=O) groups excluding carboxylic acids is 8. The predicted molar refractivity (Wildman–Crippen MR) is 256 cm³/mol. The molecule has 378 valence electrons. The Kier molecular flexibility index (Phi) is 19.0. The van der Waals surface area contributed by atoms with Crippen LogP contribution in [0.15, 0.2) is 54.6 Å². The Bertz CT molecular complexity index is 2130. The molecule has 7 amide bonds. The van der Waals surface area contributed by atoms with Gasteiger partial charge in [-0.25, -0.2) is 9.59 Å². The van der Waals surface area contributed by atoms with E-state index >= 15 is 0 Å². The Hall–Kier alpha value is -6.20. The van der Waals surface area contributed by atoms with Gasteiger partial charge in [0.2, 0.25) is 35.4 Å². The van der Waals surface area contributed by atoms with E-state index in [0.717, 1.165) is 5.56 Å². The van der Waals surface area contributed by atoms with Crippen LogP contribution < -0.4 is 21.3 Å². The van der Waals surface area contributed by atoms with Crippen molar-refractivity contribution in [1.29, 1.82) is 0 Å². The molecule has 0 bridgehead atoms. The second-order valence-corrected chi connectivity index (χ2v) is 20.0. The van der Waals surface area contributed by atoms with Gasteiger partial charge in [-0.05, 0) is 101 Å². The zero-order valence-corrected chi connectivity index (χ0v) is 41.5. The lowest BCUT2D eigenvalue weighted by atomic mass is 9.96. The smallest absolute Gasteiger partial charge is 0.408 e. The summed E-state index contributed by atoms with van der Waals surface area (Å²) in [5.41, 5.74) is 0.558. The highest BCUT2D eigenvalue weighted by atomic mass is 16.6. The van der Waals surface area contributed by atoms with Gasteiger partial charge in [-0.2, -0.15) is 0 Å². The fraction of sp³-hybridized carbons (Fsp3) is 0.608. The van der Waals surface area contributed by atoms with Crippen LogP contribution in [0.5, 0.6) is 5.75 Å². The molecule has 0 radical (unpaired) electrons. The molecule has 18 heteroatoms. The number of phenolic OH excluding ortho intramolecular Hbond substituents is 1. The van der Waals surface area contributed by atoms with Crippen molar-refractivity contribution >= 4 is 47.5 Å². The van der Waals surface area contributed by atoms with E-state index in [1.165, 1.54) is 33.9 Å². The first-order valence-electron chi connectivity index (χ1n) is 24.4. The van der Waals surface area contributed by atoms with Gasteiger partial charge in [0, 0.05) is 32.5 Å². The molecule has 69 heavy (non-hydrogen) atoms. The molecule has 18 nitrogen and oxygen atoms in total. The number of ether oxygens (including phenoxy) is 2. The Labute approximate surface area is 405 Å². The topological polar surface area (TPSA) is 233 Å². The van der Waals surface area contributed by atoms with E-state index in [1.54, 1.807) is 32.9 Å². The molecule has 3 aliphatic rings. The number of nitrogens with one attached hydrogen (secondary N) is 4. The van der Waals surface area contributed by atoms with Crippen LogP contribution in [-0.2, 0) is 55.9 Å². The molecule has 3 heterocycles. The maximum Gasteiger partial charge on any atom is 0.408 e. The van der Waals surface area contributed by atoms with Gasteiger partial charge >= 0.3 is 12.1 Å². The number of alkyl carbamates (subject to hydrolysis) is 1. The first-order valence-corrected chi connectivity index (χ1v) is 24.4. The molecule has 5 N–H and O–H groups in total. The Morgan fingerprint density at radius 3 is 1.67 bits per heavy atom. The summed E-state index contributed by atoms with van der Waals surface area (Å²) in [6.07, 6.45) is 2.75. The molecule has 3 fully saturated rings. The van der Waals surface area contributed by atoms with Crippen LogP contribution in [-0.4, -0.2) is 142 Å². The highest BCUT2D eigenvalue weighted by Gasteiger charge is 2.44. The molecule has 0 unspecified atom stereocenters. The molecule has 2 aromatic rings. The lowest BCUT2D eigenvalue weighted by Gasteiger charge is -2.33. The van der Waals surface area contributed by atoms with Crippen molar-refractivity contribution in [2.24, 2.45) is 11.8 Å². The van der Waals surface area contributed by atoms with Crippen LogP contribution in [0.4, 0.5) is 4.79 Å². The van der Waals surface area contributed by atoms with Gasteiger partial charge in [0.25, 0.3) is 0 Å². The molecule has 0 saturated carbocycles. The maximum atomic E-state index is 14.6. The van der Waals surface area contributed by atoms with Crippen molar-refractivity contribution in [2.75, 3.05) is 26.7 Å². The summed E-state index contributed by atoms with van der Waals surface area (Å²) >= 11 is 0. The predicted octanol–water partition coefficient (Wildman–Crippen LogP) is 3.76. The fourth-order valence-electron chi connectivity index (χ4n) is 9.34. The van der Waals surface area contributed by atoms with Gasteiger partial charge in [-0.3, -0.25) is 28.8 Å². The first-order chi connectivity index (χ1) is 32.7. The number of nitrogens with zero attached hydrogens (tertiary/aromatic N) is 3. The second-order valence-electron chi connectivity index (χ2n) is 20.0. The number of benzene rings is 2. The first kappa shape index (κ1) is 53.8. The highest BCUT2D eigenvalue weighted by molar-refractivity contribution is 5.98. The van der Waals surface area contributed by atoms with Gasteiger partial charge < -0.3 is 50.5 Å². The summed E-state index contributed by atoms with van der Waals surface area (Å²) in [7, 11) is 1.27. The van der Waals surface area contributed by atoms with Crippen LogP contribution in [0, 0.1) is 11.8 Å². The maximum absolute atomic E-state index is 14.6. The normalized spacial score (nSPS) is 20.3. The Morgan fingerprint density at radius 2 is 1.14 bits per heavy atom. The third kappa shape index (κ3) is 14.7. The summed E-state index contributed by atoms with van der Waals surface area (Å²) < 4.78 is 10.4. The van der Waals surface area contributed by atoms with Crippen molar-refractivity contribution in [1.82, 2.24) is 36.0 Å². The number of hydrogen-bond acceptors (Lipinski definition) is 11. The zero-order valence-electron chi connectivity index (χ0n) is 41.5. The number of carbonyl (C=O) groups is 8. The summed E-state index contributed by atoms with van der Waals surface area (Å²) in [6, 6.07) is 8.34. The lowest BCUT2D eigenvalue weighted by molar-refractivity contribution is -0.152. The van der Waals surface area contributed by atoms with Crippen molar-refractivity contribution in [3.05, 3.63) is 65.7 Å². The van der Waals surface area contributed by atoms with Crippen LogP contribution in [0.2, 0.25) is 0 Å². The van der Waals surface area contributed by atoms with Crippen LogP contribution >= 0.6 is 0 Å². The molecule has 2 aromatic carbocycles. The molecule has 3 aliphatic heterocycles. The summed E-state index contributed by atoms with van der Waals surface area (Å²) in [4.78, 5) is 116. The largest absolute Gasteiger partial charge is 0.508 e. The second kappa shape index (κ2) is 24.4. The van der Waals surface area contributed by atoms with Crippen LogP contribution in [0.25, 0.3) is 0 Å². The summed E-state index contributed by atoms with van der Waals surface area (Å²) in [5, 5.41) is 21.3. The van der Waals surface area contributed by atoms with Gasteiger partial charge in [0.1, 0.15) is 53.6 Å². The van der Waals surface area contributed by atoms with Crippen molar-refractivity contribution in [3.63, 3.8) is 0 Å². The molecule has 0 aromatic heterocycles. The van der Waals surface area contributed by atoms with Gasteiger partial charge in [-0.15, -0.1) is 0 Å². The van der Waals surface area contributed by atoms with E-state index in [2.05, 4.69) is 21.3 Å². The minimum absolute atomic E-state index is 0.0370. The number of hydrogen-bond donors (Lipinski definition) is 5. The van der Waals surface area contributed by atoms with E-state index in [9.17, 15) is 43.5 Å². The number of phenols is 1. The van der Waals surface area contributed by atoms with Gasteiger partial charge in [0.15, 0.2) is 0 Å². The molecule has 0 spiro atoms. The summed E-state index contributed by atoms with van der Waals surface area (Å²) in [6.45, 7) is 13.4. The number of amides is 7. The molecular formula is C51H73N7O11.